The molecule has 1 fully saturated rings. The van der Waals surface area contributed by atoms with Gasteiger partial charge in [-0.05, 0) is 18.2 Å². The van der Waals surface area contributed by atoms with E-state index >= 15 is 0 Å². The molecule has 1 amide bonds. The number of amides is 1. The number of rotatable bonds is 4. The summed E-state index contributed by atoms with van der Waals surface area (Å²) in [4.78, 5) is 13.8. The van der Waals surface area contributed by atoms with Crippen LogP contribution in [0.5, 0.6) is 0 Å². The van der Waals surface area contributed by atoms with Crippen LogP contribution in [0.15, 0.2) is 18.2 Å². The molecule has 1 aromatic carbocycles. The first-order valence-corrected chi connectivity index (χ1v) is 8.42. The van der Waals surface area contributed by atoms with Crippen molar-refractivity contribution in [1.29, 1.82) is 0 Å². The van der Waals surface area contributed by atoms with E-state index in [1.807, 2.05) is 0 Å². The Hall–Kier alpha value is -0.830. The number of carbonyl (C=O) groups excluding carboxylic acids is 1. The van der Waals surface area contributed by atoms with Crippen LogP contribution in [-0.4, -0.2) is 44.1 Å². The van der Waals surface area contributed by atoms with Crippen molar-refractivity contribution >= 4 is 53.9 Å². The lowest BCUT2D eigenvalue weighted by atomic mass is 10.1. The van der Waals surface area contributed by atoms with Crippen LogP contribution in [0.3, 0.4) is 0 Å². The third kappa shape index (κ3) is 7.13. The molecule has 1 aromatic rings. The van der Waals surface area contributed by atoms with Crippen molar-refractivity contribution in [3.05, 3.63) is 23.8 Å². The van der Waals surface area contributed by atoms with Crippen LogP contribution < -0.4 is 15.5 Å². The standard InChI is InChI=1S/C15H20F3N3OS.2ClH/c1-21(2)13-4-3-10(15(16,17)18)7-12(13)20-14(22)8-11-9-23-6-5-19-11;;/h3-4,7,11,19H,5-6,8-9H2,1-2H3,(H,20,22);2*1H. The highest BCUT2D eigenvalue weighted by Gasteiger charge is 2.31. The fraction of sp³-hybridized carbons (Fsp3) is 0.533. The molecule has 1 saturated heterocycles. The lowest BCUT2D eigenvalue weighted by Gasteiger charge is -2.24. The Labute approximate surface area is 162 Å². The molecule has 0 bridgehead atoms. The summed E-state index contributed by atoms with van der Waals surface area (Å²) < 4.78 is 38.6. The molecule has 2 N–H and O–H groups in total. The van der Waals surface area contributed by atoms with Crippen LogP contribution >= 0.6 is 36.6 Å². The molecule has 0 aliphatic carbocycles. The number of carbonyl (C=O) groups is 1. The number of nitrogens with zero attached hydrogens (tertiary/aromatic N) is 1. The Balaban J connectivity index is 0.00000288. The average Bonchev–Trinajstić information content (AvgIpc) is 2.46. The molecule has 0 saturated carbocycles. The van der Waals surface area contributed by atoms with Crippen molar-refractivity contribution in [2.75, 3.05) is 42.4 Å². The fourth-order valence-electron chi connectivity index (χ4n) is 2.38. The van der Waals surface area contributed by atoms with E-state index in [0.29, 0.717) is 5.69 Å². The van der Waals surface area contributed by atoms with Gasteiger partial charge in [-0.1, -0.05) is 0 Å². The summed E-state index contributed by atoms with van der Waals surface area (Å²) in [6.07, 6.45) is -4.19. The summed E-state index contributed by atoms with van der Waals surface area (Å²) in [5.41, 5.74) is -0.0552. The highest BCUT2D eigenvalue weighted by atomic mass is 35.5. The van der Waals surface area contributed by atoms with Crippen molar-refractivity contribution < 1.29 is 18.0 Å². The topological polar surface area (TPSA) is 44.4 Å². The van der Waals surface area contributed by atoms with E-state index in [2.05, 4.69) is 10.6 Å². The molecular weight excluding hydrogens is 398 g/mol. The van der Waals surface area contributed by atoms with E-state index in [9.17, 15) is 18.0 Å². The number of nitrogens with one attached hydrogen (secondary N) is 2. The maximum atomic E-state index is 12.9. The van der Waals surface area contributed by atoms with Gasteiger partial charge in [-0.15, -0.1) is 24.8 Å². The molecule has 0 radical (unpaired) electrons. The monoisotopic (exact) mass is 419 g/mol. The van der Waals surface area contributed by atoms with E-state index < -0.39 is 11.7 Å². The van der Waals surface area contributed by atoms with Gasteiger partial charge in [-0.3, -0.25) is 4.79 Å². The molecule has 1 atom stereocenters. The van der Waals surface area contributed by atoms with Crippen molar-refractivity contribution in [3.8, 4) is 0 Å². The second-order valence-corrected chi connectivity index (χ2v) is 6.75. The predicted molar refractivity (Wildman–Crippen MR) is 103 cm³/mol. The number of alkyl halides is 3. The lowest BCUT2D eigenvalue weighted by Crippen LogP contribution is -2.40. The average molecular weight is 420 g/mol. The van der Waals surface area contributed by atoms with Gasteiger partial charge in [0, 0.05) is 44.6 Å². The van der Waals surface area contributed by atoms with E-state index in [4.69, 9.17) is 0 Å². The highest BCUT2D eigenvalue weighted by molar-refractivity contribution is 7.99. The molecule has 4 nitrogen and oxygen atoms in total. The zero-order chi connectivity index (χ0) is 17.0. The minimum absolute atomic E-state index is 0. The fourth-order valence-corrected chi connectivity index (χ4v) is 3.33. The van der Waals surface area contributed by atoms with Crippen molar-refractivity contribution in [2.45, 2.75) is 18.6 Å². The number of anilines is 2. The number of halogens is 5. The Bertz CT molecular complexity index is 567. The maximum Gasteiger partial charge on any atom is 0.416 e. The predicted octanol–water partition coefficient (Wildman–Crippen LogP) is 3.65. The molecule has 2 rings (SSSR count). The number of hydrogen-bond donors (Lipinski definition) is 2. The summed E-state index contributed by atoms with van der Waals surface area (Å²) >= 11 is 1.77. The van der Waals surface area contributed by atoms with E-state index in [1.54, 1.807) is 30.8 Å². The molecule has 10 heteroatoms. The Morgan fingerprint density at radius 1 is 1.36 bits per heavy atom. The van der Waals surface area contributed by atoms with Crippen LogP contribution in [0, 0.1) is 0 Å². The molecule has 1 aliphatic heterocycles. The zero-order valence-electron chi connectivity index (χ0n) is 13.9. The number of hydrogen-bond acceptors (Lipinski definition) is 4. The summed E-state index contributed by atoms with van der Waals surface area (Å²) in [6.45, 7) is 0.842. The van der Waals surface area contributed by atoms with Crippen LogP contribution in [0.1, 0.15) is 12.0 Å². The number of benzene rings is 1. The molecule has 1 aliphatic rings. The minimum atomic E-state index is -4.44. The van der Waals surface area contributed by atoms with Gasteiger partial charge in [0.15, 0.2) is 0 Å². The molecule has 0 spiro atoms. The molecule has 1 unspecified atom stereocenters. The highest BCUT2D eigenvalue weighted by Crippen LogP contribution is 2.35. The quantitative estimate of drug-likeness (QED) is 0.781. The molecule has 25 heavy (non-hydrogen) atoms. The first kappa shape index (κ1) is 24.2. The summed E-state index contributed by atoms with van der Waals surface area (Å²) in [5, 5.41) is 5.86. The maximum absolute atomic E-state index is 12.9. The van der Waals surface area contributed by atoms with E-state index in [1.165, 1.54) is 6.07 Å². The summed E-state index contributed by atoms with van der Waals surface area (Å²) in [7, 11) is 3.44. The van der Waals surface area contributed by atoms with E-state index in [0.717, 1.165) is 30.2 Å². The smallest absolute Gasteiger partial charge is 0.376 e. The largest absolute Gasteiger partial charge is 0.416 e. The van der Waals surface area contributed by atoms with E-state index in [-0.39, 0.29) is 48.9 Å². The van der Waals surface area contributed by atoms with Crippen molar-refractivity contribution in [1.82, 2.24) is 5.32 Å². The third-order valence-electron chi connectivity index (χ3n) is 3.51. The van der Waals surface area contributed by atoms with Crippen molar-refractivity contribution in [2.24, 2.45) is 0 Å². The zero-order valence-corrected chi connectivity index (χ0v) is 16.3. The van der Waals surface area contributed by atoms with Crippen LogP contribution in [-0.2, 0) is 11.0 Å². The summed E-state index contributed by atoms with van der Waals surface area (Å²) in [6, 6.07) is 3.43. The van der Waals surface area contributed by atoms with Crippen LogP contribution in [0.25, 0.3) is 0 Å². The van der Waals surface area contributed by atoms with Crippen LogP contribution in [0.4, 0.5) is 24.5 Å². The van der Waals surface area contributed by atoms with Crippen molar-refractivity contribution in [3.63, 3.8) is 0 Å². The summed E-state index contributed by atoms with van der Waals surface area (Å²) in [5.74, 6) is 1.56. The first-order chi connectivity index (χ1) is 10.8. The molecule has 144 valence electrons. The van der Waals surface area contributed by atoms with Gasteiger partial charge < -0.3 is 15.5 Å². The molecular formula is C15H22Cl2F3N3OS. The third-order valence-corrected chi connectivity index (χ3v) is 4.64. The van der Waals surface area contributed by atoms with Gasteiger partial charge in [-0.25, -0.2) is 0 Å². The number of thioether (sulfide) groups is 1. The van der Waals surface area contributed by atoms with Gasteiger partial charge in [0.1, 0.15) is 0 Å². The first-order valence-electron chi connectivity index (χ1n) is 7.27. The van der Waals surface area contributed by atoms with Crippen LogP contribution in [0.2, 0.25) is 0 Å². The minimum Gasteiger partial charge on any atom is -0.376 e. The Morgan fingerprint density at radius 3 is 2.56 bits per heavy atom. The normalized spacial score (nSPS) is 17.1. The Kier molecular flexibility index (Phi) is 10.0. The lowest BCUT2D eigenvalue weighted by molar-refractivity contribution is -0.137. The van der Waals surface area contributed by atoms with Gasteiger partial charge in [0.2, 0.25) is 5.91 Å². The Morgan fingerprint density at radius 2 is 2.04 bits per heavy atom. The van der Waals surface area contributed by atoms with Gasteiger partial charge in [0.25, 0.3) is 0 Å². The van der Waals surface area contributed by atoms with Gasteiger partial charge >= 0.3 is 6.18 Å². The second-order valence-electron chi connectivity index (χ2n) is 5.60. The van der Waals surface area contributed by atoms with Gasteiger partial charge in [-0.2, -0.15) is 24.9 Å². The van der Waals surface area contributed by atoms with Gasteiger partial charge in [0.05, 0.1) is 16.9 Å². The molecule has 0 aromatic heterocycles. The molecule has 1 heterocycles. The SMILES string of the molecule is CN(C)c1ccc(C(F)(F)F)cc1NC(=O)CC1CSCCN1.Cl.Cl. The second kappa shape index (κ2) is 10.4.